The predicted molar refractivity (Wildman–Crippen MR) is 104 cm³/mol. The Labute approximate surface area is 161 Å². The predicted octanol–water partition coefficient (Wildman–Crippen LogP) is 4.86. The van der Waals surface area contributed by atoms with Crippen molar-refractivity contribution in [3.05, 3.63) is 64.6 Å². The first-order valence-corrected chi connectivity index (χ1v) is 10.5. The summed E-state index contributed by atoms with van der Waals surface area (Å²) in [4.78, 5) is 12.8. The number of carbonyl (C=O) groups excluding carboxylic acids is 1. The first-order chi connectivity index (χ1) is 12.6. The molecular weight excluding hydrogens is 370 g/mol. The van der Waals surface area contributed by atoms with E-state index in [9.17, 15) is 9.00 Å². The zero-order valence-electron chi connectivity index (χ0n) is 14.5. The van der Waals surface area contributed by atoms with E-state index < -0.39 is 10.8 Å². The number of carbonyl (C=O) groups is 1. The van der Waals surface area contributed by atoms with Crippen molar-refractivity contribution in [2.45, 2.75) is 42.8 Å². The van der Waals surface area contributed by atoms with Crippen molar-refractivity contribution in [2.24, 2.45) is 0 Å². The Hall–Kier alpha value is -1.85. The van der Waals surface area contributed by atoms with Gasteiger partial charge in [0, 0.05) is 6.54 Å². The zero-order valence-corrected chi connectivity index (χ0v) is 16.1. The van der Waals surface area contributed by atoms with Gasteiger partial charge in [0.1, 0.15) is 5.76 Å². The molecule has 0 bridgehead atoms. The van der Waals surface area contributed by atoms with Crippen LogP contribution in [0.25, 0.3) is 0 Å². The highest BCUT2D eigenvalue weighted by atomic mass is 35.5. The summed E-state index contributed by atoms with van der Waals surface area (Å²) < 4.78 is 18.0. The molecule has 1 aromatic heterocycles. The molecule has 0 spiro atoms. The molecule has 0 saturated carbocycles. The molecule has 26 heavy (non-hydrogen) atoms. The average molecular weight is 392 g/mol. The van der Waals surface area contributed by atoms with Crippen molar-refractivity contribution in [3.63, 3.8) is 0 Å². The number of nitrogens with one attached hydrogen (secondary N) is 1. The van der Waals surface area contributed by atoms with Gasteiger partial charge in [-0.2, -0.15) is 0 Å². The van der Waals surface area contributed by atoms with Gasteiger partial charge in [-0.25, -0.2) is 0 Å². The van der Waals surface area contributed by atoms with Crippen LogP contribution in [0.4, 0.5) is 0 Å². The quantitative estimate of drug-likeness (QED) is 0.685. The number of halogens is 1. The molecule has 0 aliphatic heterocycles. The lowest BCUT2D eigenvalue weighted by Crippen LogP contribution is -2.24. The second-order valence-electron chi connectivity index (χ2n) is 6.30. The molecule has 0 saturated heterocycles. The van der Waals surface area contributed by atoms with Gasteiger partial charge in [-0.3, -0.25) is 9.00 Å². The molecule has 138 valence electrons. The monoisotopic (exact) mass is 391 g/mol. The minimum absolute atomic E-state index is 0.184. The van der Waals surface area contributed by atoms with Gasteiger partial charge < -0.3 is 9.73 Å². The molecule has 4 nitrogen and oxygen atoms in total. The van der Waals surface area contributed by atoms with Gasteiger partial charge >= 0.3 is 0 Å². The fourth-order valence-corrected chi connectivity index (χ4v) is 4.45. The topological polar surface area (TPSA) is 59.3 Å². The van der Waals surface area contributed by atoms with E-state index in [4.69, 9.17) is 16.0 Å². The third-order valence-corrected chi connectivity index (χ3v) is 6.19. The summed E-state index contributed by atoms with van der Waals surface area (Å²) in [5, 5.41) is 3.35. The highest BCUT2D eigenvalue weighted by Gasteiger charge is 2.15. The lowest BCUT2D eigenvalue weighted by atomic mass is 9.97. The number of furan rings is 1. The molecule has 0 fully saturated rings. The van der Waals surface area contributed by atoms with Crippen molar-refractivity contribution in [2.75, 3.05) is 6.54 Å². The van der Waals surface area contributed by atoms with Crippen molar-refractivity contribution in [3.8, 4) is 0 Å². The second-order valence-corrected chi connectivity index (χ2v) is 8.13. The summed E-state index contributed by atoms with van der Waals surface area (Å²) >= 11 is 6.07. The van der Waals surface area contributed by atoms with Crippen LogP contribution in [0.2, 0.25) is 5.02 Å². The van der Waals surface area contributed by atoms with Crippen LogP contribution in [0.15, 0.2) is 57.4 Å². The molecule has 1 N–H and O–H groups in total. The minimum Gasteiger partial charge on any atom is -0.455 e. The van der Waals surface area contributed by atoms with Crippen LogP contribution in [0.1, 0.15) is 48.4 Å². The first kappa shape index (κ1) is 18.9. The fourth-order valence-electron chi connectivity index (χ4n) is 2.97. The average Bonchev–Trinajstić information content (AvgIpc) is 3.11. The van der Waals surface area contributed by atoms with E-state index in [1.807, 2.05) is 0 Å². The maximum atomic E-state index is 12.4. The van der Waals surface area contributed by atoms with Crippen LogP contribution >= 0.6 is 11.6 Å². The Morgan fingerprint density at radius 2 is 2.04 bits per heavy atom. The van der Waals surface area contributed by atoms with E-state index in [0.29, 0.717) is 22.2 Å². The smallest absolute Gasteiger partial charge is 0.287 e. The van der Waals surface area contributed by atoms with Crippen LogP contribution in [-0.2, 0) is 16.6 Å². The number of amides is 1. The molecule has 1 heterocycles. The molecule has 3 rings (SSSR count). The number of rotatable bonds is 7. The summed E-state index contributed by atoms with van der Waals surface area (Å²) in [5.74, 6) is 0.692. The Bertz CT molecular complexity index is 828. The maximum absolute atomic E-state index is 12.4. The van der Waals surface area contributed by atoms with Crippen LogP contribution in [-0.4, -0.2) is 16.7 Å². The van der Waals surface area contributed by atoms with Crippen LogP contribution in [0, 0.1) is 0 Å². The van der Waals surface area contributed by atoms with Crippen molar-refractivity contribution in [1.82, 2.24) is 5.32 Å². The normalized spacial score (nSPS) is 15.3. The third-order valence-electron chi connectivity index (χ3n) is 4.36. The molecule has 1 aliphatic carbocycles. The number of hydrogen-bond acceptors (Lipinski definition) is 3. The Kier molecular flexibility index (Phi) is 6.69. The second kappa shape index (κ2) is 9.19. The van der Waals surface area contributed by atoms with Gasteiger partial charge in [-0.1, -0.05) is 35.4 Å². The summed E-state index contributed by atoms with van der Waals surface area (Å²) in [5.41, 5.74) is 1.42. The minimum atomic E-state index is -1.32. The highest BCUT2D eigenvalue weighted by molar-refractivity contribution is 7.84. The van der Waals surface area contributed by atoms with Crippen LogP contribution < -0.4 is 5.32 Å². The molecule has 1 atom stereocenters. The fraction of sp³-hybridized carbons (Fsp3) is 0.350. The summed E-state index contributed by atoms with van der Waals surface area (Å²) in [6.07, 6.45) is 7.95. The molecule has 0 unspecified atom stereocenters. The highest BCUT2D eigenvalue weighted by Crippen LogP contribution is 2.22. The summed E-state index contributed by atoms with van der Waals surface area (Å²) in [6, 6.07) is 10.3. The van der Waals surface area contributed by atoms with Crippen LogP contribution in [0.5, 0.6) is 0 Å². The van der Waals surface area contributed by atoms with Gasteiger partial charge in [0.25, 0.3) is 5.91 Å². The van der Waals surface area contributed by atoms with E-state index >= 15 is 0 Å². The third kappa shape index (κ3) is 5.08. The van der Waals surface area contributed by atoms with Gasteiger partial charge in [0.05, 0.1) is 26.5 Å². The van der Waals surface area contributed by atoms with Crippen molar-refractivity contribution in [1.29, 1.82) is 0 Å². The Balaban J connectivity index is 1.52. The molecule has 6 heteroatoms. The van der Waals surface area contributed by atoms with E-state index in [2.05, 4.69) is 11.4 Å². The number of hydrogen-bond donors (Lipinski definition) is 1. The van der Waals surface area contributed by atoms with E-state index in [0.717, 1.165) is 19.3 Å². The molecule has 1 aliphatic rings. The van der Waals surface area contributed by atoms with E-state index in [1.165, 1.54) is 18.4 Å². The Morgan fingerprint density at radius 3 is 2.81 bits per heavy atom. The molecule has 0 radical (unpaired) electrons. The lowest BCUT2D eigenvalue weighted by Gasteiger charge is -2.12. The number of benzene rings is 1. The van der Waals surface area contributed by atoms with Crippen molar-refractivity contribution >= 4 is 28.3 Å². The van der Waals surface area contributed by atoms with Gasteiger partial charge in [-0.05, 0) is 56.4 Å². The largest absolute Gasteiger partial charge is 0.455 e. The Morgan fingerprint density at radius 1 is 1.19 bits per heavy atom. The summed E-state index contributed by atoms with van der Waals surface area (Å²) in [6.45, 7) is 0.603. The molecule has 1 aromatic carbocycles. The summed E-state index contributed by atoms with van der Waals surface area (Å²) in [7, 11) is -1.32. The van der Waals surface area contributed by atoms with Gasteiger partial charge in [-0.15, -0.1) is 0 Å². The lowest BCUT2D eigenvalue weighted by molar-refractivity contribution is 0.0925. The van der Waals surface area contributed by atoms with Crippen LogP contribution in [0.3, 0.4) is 0 Å². The van der Waals surface area contributed by atoms with Crippen molar-refractivity contribution < 1.29 is 13.4 Å². The first-order valence-electron chi connectivity index (χ1n) is 8.81. The van der Waals surface area contributed by atoms with Gasteiger partial charge in [0.2, 0.25) is 0 Å². The number of allylic oxidation sites excluding steroid dienone is 1. The zero-order chi connectivity index (χ0) is 18.4. The molecule has 1 amide bonds. The van der Waals surface area contributed by atoms with Gasteiger partial charge in [0.15, 0.2) is 5.76 Å². The van der Waals surface area contributed by atoms with E-state index in [1.54, 1.807) is 36.4 Å². The standard InChI is InChI=1S/C20H22ClNO3S/c21-17-8-4-5-9-19(17)26(24)14-16-10-11-18(25-16)20(23)22-13-12-15-6-2-1-3-7-15/h4-6,8-11H,1-3,7,12-14H2,(H,22,23)/t26-/m0/s1. The SMILES string of the molecule is O=C(NCCC1=CCCCC1)c1ccc(C[S@](=O)c2ccccc2Cl)o1. The van der Waals surface area contributed by atoms with E-state index in [-0.39, 0.29) is 17.4 Å². The molecule has 2 aromatic rings. The molecular formula is C20H22ClNO3S. The maximum Gasteiger partial charge on any atom is 0.287 e.